The molecule has 0 aromatic carbocycles. The van der Waals surface area contributed by atoms with E-state index in [0.29, 0.717) is 16.9 Å². The Labute approximate surface area is 94.1 Å². The highest BCUT2D eigenvalue weighted by molar-refractivity contribution is 7.99. The normalized spacial score (nSPS) is 21.2. The first-order valence-electron chi connectivity index (χ1n) is 5.27. The van der Waals surface area contributed by atoms with Crippen LogP contribution >= 0.6 is 11.8 Å². The summed E-state index contributed by atoms with van der Waals surface area (Å²) in [6.07, 6.45) is 7.26. The average Bonchev–Trinajstić information content (AvgIpc) is 2.30. The second-order valence-electron chi connectivity index (χ2n) is 3.71. The zero-order valence-corrected chi connectivity index (χ0v) is 9.46. The van der Waals surface area contributed by atoms with Crippen molar-refractivity contribution in [3.63, 3.8) is 0 Å². The molecule has 1 aliphatic rings. The van der Waals surface area contributed by atoms with Crippen LogP contribution in [0.3, 0.4) is 0 Å². The third-order valence-corrected chi connectivity index (χ3v) is 3.83. The first kappa shape index (κ1) is 10.5. The number of aromatic nitrogens is 2. The van der Waals surface area contributed by atoms with Crippen LogP contribution in [0.4, 0.5) is 11.6 Å². The molecule has 0 radical (unpaired) electrons. The summed E-state index contributed by atoms with van der Waals surface area (Å²) in [4.78, 5) is 8.21. The van der Waals surface area contributed by atoms with Crippen LogP contribution in [0.5, 0.6) is 0 Å². The maximum Gasteiger partial charge on any atom is 0.222 e. The monoisotopic (exact) mass is 224 g/mol. The van der Waals surface area contributed by atoms with Crippen molar-refractivity contribution >= 4 is 23.4 Å². The van der Waals surface area contributed by atoms with Gasteiger partial charge in [-0.2, -0.15) is 11.8 Å². The van der Waals surface area contributed by atoms with Crippen molar-refractivity contribution in [2.24, 2.45) is 0 Å². The van der Waals surface area contributed by atoms with Gasteiger partial charge in [0, 0.05) is 11.8 Å². The molecule has 1 aromatic heterocycles. The van der Waals surface area contributed by atoms with Gasteiger partial charge in [0.05, 0.1) is 18.1 Å². The van der Waals surface area contributed by atoms with E-state index in [1.165, 1.54) is 25.0 Å². The fraction of sp³-hybridized carbons (Fsp3) is 0.600. The van der Waals surface area contributed by atoms with Crippen LogP contribution in [0.15, 0.2) is 12.4 Å². The van der Waals surface area contributed by atoms with Crippen LogP contribution < -0.4 is 11.1 Å². The third kappa shape index (κ3) is 3.27. The molecule has 15 heavy (non-hydrogen) atoms. The summed E-state index contributed by atoms with van der Waals surface area (Å²) in [6.45, 7) is 0.953. The van der Waals surface area contributed by atoms with E-state index in [2.05, 4.69) is 15.3 Å². The minimum Gasteiger partial charge on any atom is -0.396 e. The second kappa shape index (κ2) is 5.21. The highest BCUT2D eigenvalue weighted by Crippen LogP contribution is 2.24. The Morgan fingerprint density at radius 3 is 2.87 bits per heavy atom. The number of rotatable bonds is 3. The van der Waals surface area contributed by atoms with Gasteiger partial charge in [-0.3, -0.25) is 0 Å². The Kier molecular flexibility index (Phi) is 3.66. The summed E-state index contributed by atoms with van der Waals surface area (Å²) in [5.74, 6) is 1.96. The molecule has 0 bridgehead atoms. The molecule has 3 N–H and O–H groups in total. The Morgan fingerprint density at radius 2 is 2.20 bits per heavy atom. The summed E-state index contributed by atoms with van der Waals surface area (Å²) in [6, 6.07) is 0. The molecule has 0 amide bonds. The van der Waals surface area contributed by atoms with E-state index in [4.69, 9.17) is 5.73 Å². The van der Waals surface area contributed by atoms with E-state index >= 15 is 0 Å². The van der Waals surface area contributed by atoms with Crippen molar-refractivity contribution in [1.82, 2.24) is 9.97 Å². The van der Waals surface area contributed by atoms with Crippen molar-refractivity contribution in [2.75, 3.05) is 23.3 Å². The standard InChI is InChI=1S/C10H16N4S/c11-8-5-12-10(13-6-8)14-7-9-3-1-2-4-15-9/h5-6,9H,1-4,7,11H2,(H,12,13,14). The van der Waals surface area contributed by atoms with E-state index in [0.717, 1.165) is 6.54 Å². The van der Waals surface area contributed by atoms with Gasteiger partial charge in [0.1, 0.15) is 0 Å². The first-order chi connectivity index (χ1) is 7.34. The van der Waals surface area contributed by atoms with Gasteiger partial charge in [0.25, 0.3) is 0 Å². The molecule has 5 heteroatoms. The Bertz CT molecular complexity index is 295. The maximum absolute atomic E-state index is 5.51. The second-order valence-corrected chi connectivity index (χ2v) is 5.12. The van der Waals surface area contributed by atoms with Gasteiger partial charge in [0.2, 0.25) is 5.95 Å². The smallest absolute Gasteiger partial charge is 0.222 e. The van der Waals surface area contributed by atoms with Gasteiger partial charge in [-0.05, 0) is 18.6 Å². The number of nitrogens with two attached hydrogens (primary N) is 1. The number of hydrogen-bond acceptors (Lipinski definition) is 5. The largest absolute Gasteiger partial charge is 0.396 e. The van der Waals surface area contributed by atoms with E-state index < -0.39 is 0 Å². The molecule has 4 nitrogen and oxygen atoms in total. The van der Waals surface area contributed by atoms with E-state index in [1.54, 1.807) is 12.4 Å². The molecule has 0 aliphatic carbocycles. The molecule has 0 saturated carbocycles. The van der Waals surface area contributed by atoms with Gasteiger partial charge in [-0.15, -0.1) is 0 Å². The number of hydrogen-bond donors (Lipinski definition) is 2. The quantitative estimate of drug-likeness (QED) is 0.819. The molecular formula is C10H16N4S. The molecular weight excluding hydrogens is 208 g/mol. The van der Waals surface area contributed by atoms with Crippen molar-refractivity contribution < 1.29 is 0 Å². The van der Waals surface area contributed by atoms with Crippen LogP contribution in [-0.4, -0.2) is 27.5 Å². The van der Waals surface area contributed by atoms with Crippen molar-refractivity contribution in [3.05, 3.63) is 12.4 Å². The minimum atomic E-state index is 0.604. The zero-order chi connectivity index (χ0) is 10.5. The van der Waals surface area contributed by atoms with Crippen molar-refractivity contribution in [3.8, 4) is 0 Å². The van der Waals surface area contributed by atoms with Gasteiger partial charge in [0.15, 0.2) is 0 Å². The minimum absolute atomic E-state index is 0.604. The van der Waals surface area contributed by atoms with E-state index in [9.17, 15) is 0 Å². The fourth-order valence-corrected chi connectivity index (χ4v) is 2.84. The molecule has 2 rings (SSSR count). The van der Waals surface area contributed by atoms with Crippen LogP contribution in [0.2, 0.25) is 0 Å². The Balaban J connectivity index is 1.79. The van der Waals surface area contributed by atoms with E-state index in [-0.39, 0.29) is 0 Å². The fourth-order valence-electron chi connectivity index (χ4n) is 1.60. The lowest BCUT2D eigenvalue weighted by atomic mass is 10.2. The summed E-state index contributed by atoms with van der Waals surface area (Å²) >= 11 is 2.04. The number of nitrogens with one attached hydrogen (secondary N) is 1. The molecule has 1 fully saturated rings. The Morgan fingerprint density at radius 1 is 1.40 bits per heavy atom. The summed E-state index contributed by atoms with van der Waals surface area (Å²) in [7, 11) is 0. The molecule has 1 aliphatic heterocycles. The van der Waals surface area contributed by atoms with Crippen LogP contribution in [0.25, 0.3) is 0 Å². The van der Waals surface area contributed by atoms with Crippen LogP contribution in [-0.2, 0) is 0 Å². The van der Waals surface area contributed by atoms with Crippen molar-refractivity contribution in [1.29, 1.82) is 0 Å². The third-order valence-electron chi connectivity index (χ3n) is 2.43. The topological polar surface area (TPSA) is 63.8 Å². The summed E-state index contributed by atoms with van der Waals surface area (Å²) < 4.78 is 0. The van der Waals surface area contributed by atoms with Crippen molar-refractivity contribution in [2.45, 2.75) is 24.5 Å². The number of nitrogens with zero attached hydrogens (tertiary/aromatic N) is 2. The molecule has 1 saturated heterocycles. The molecule has 0 spiro atoms. The Hall–Kier alpha value is -0.970. The molecule has 1 atom stereocenters. The zero-order valence-electron chi connectivity index (χ0n) is 8.65. The predicted molar refractivity (Wildman–Crippen MR) is 65.0 cm³/mol. The van der Waals surface area contributed by atoms with E-state index in [1.807, 2.05) is 11.8 Å². The molecule has 2 heterocycles. The number of nitrogen functional groups attached to an aromatic ring is 1. The lowest BCUT2D eigenvalue weighted by Crippen LogP contribution is -2.20. The SMILES string of the molecule is Nc1cnc(NCC2CCCCS2)nc1. The average molecular weight is 224 g/mol. The lowest BCUT2D eigenvalue weighted by molar-refractivity contribution is 0.676. The van der Waals surface area contributed by atoms with Gasteiger partial charge < -0.3 is 11.1 Å². The number of thioether (sulfide) groups is 1. The molecule has 1 aromatic rings. The number of anilines is 2. The van der Waals surface area contributed by atoms with Crippen LogP contribution in [0, 0.1) is 0 Å². The predicted octanol–water partition coefficient (Wildman–Crippen LogP) is 1.76. The van der Waals surface area contributed by atoms with Gasteiger partial charge >= 0.3 is 0 Å². The summed E-state index contributed by atoms with van der Waals surface area (Å²) in [5, 5.41) is 3.95. The summed E-state index contributed by atoms with van der Waals surface area (Å²) in [5.41, 5.74) is 6.11. The highest BCUT2D eigenvalue weighted by atomic mass is 32.2. The lowest BCUT2D eigenvalue weighted by Gasteiger charge is -2.21. The van der Waals surface area contributed by atoms with Gasteiger partial charge in [-0.1, -0.05) is 6.42 Å². The maximum atomic E-state index is 5.51. The highest BCUT2D eigenvalue weighted by Gasteiger charge is 2.13. The molecule has 82 valence electrons. The van der Waals surface area contributed by atoms with Gasteiger partial charge in [-0.25, -0.2) is 9.97 Å². The van der Waals surface area contributed by atoms with Crippen LogP contribution in [0.1, 0.15) is 19.3 Å². The first-order valence-corrected chi connectivity index (χ1v) is 6.32. The molecule has 1 unspecified atom stereocenters.